The Labute approximate surface area is 134 Å². The van der Waals surface area contributed by atoms with Gasteiger partial charge in [0.25, 0.3) is 5.91 Å². The number of nitrogens with one attached hydrogen (secondary N) is 1. The second kappa shape index (κ2) is 7.07. The third-order valence-corrected chi connectivity index (χ3v) is 4.10. The topological polar surface area (TPSA) is 52.7 Å². The maximum atomic E-state index is 12.9. The van der Waals surface area contributed by atoms with Crippen molar-refractivity contribution in [3.8, 4) is 0 Å². The molecule has 0 radical (unpaired) electrons. The van der Waals surface area contributed by atoms with Gasteiger partial charge in [0.1, 0.15) is 5.82 Å². The fourth-order valence-electron chi connectivity index (χ4n) is 2.63. The van der Waals surface area contributed by atoms with Crippen LogP contribution in [0.15, 0.2) is 24.3 Å². The zero-order valence-electron chi connectivity index (χ0n) is 12.1. The van der Waals surface area contributed by atoms with Crippen LogP contribution in [0.25, 0.3) is 0 Å². The Morgan fingerprint density at radius 2 is 1.55 bits per heavy atom. The molecule has 0 atom stereocenters. The van der Waals surface area contributed by atoms with E-state index in [-0.39, 0.29) is 36.0 Å². The molecule has 120 valence electrons. The van der Waals surface area contributed by atoms with Gasteiger partial charge in [-0.3, -0.25) is 9.59 Å². The first-order valence-electron chi connectivity index (χ1n) is 7.19. The molecular weight excluding hydrogens is 309 g/mol. The lowest BCUT2D eigenvalue weighted by molar-refractivity contribution is -0.138. The van der Waals surface area contributed by atoms with Crippen molar-refractivity contribution in [2.75, 3.05) is 39.3 Å². The number of nitrogens with zero attached hydrogens (tertiary/aromatic N) is 2. The van der Waals surface area contributed by atoms with Gasteiger partial charge in [-0.05, 0) is 24.3 Å². The number of hydrogen-bond acceptors (Lipinski definition) is 3. The number of rotatable bonds is 2. The van der Waals surface area contributed by atoms with Crippen LogP contribution in [0, 0.1) is 11.7 Å². The Morgan fingerprint density at radius 1 is 1.00 bits per heavy atom. The molecule has 0 saturated carbocycles. The monoisotopic (exact) mass is 327 g/mol. The van der Waals surface area contributed by atoms with Crippen LogP contribution in [-0.4, -0.2) is 60.9 Å². The Kier molecular flexibility index (Phi) is 5.37. The first-order valence-corrected chi connectivity index (χ1v) is 7.19. The van der Waals surface area contributed by atoms with Gasteiger partial charge in [-0.15, -0.1) is 12.4 Å². The molecule has 2 saturated heterocycles. The average molecular weight is 328 g/mol. The molecule has 2 aliphatic heterocycles. The van der Waals surface area contributed by atoms with E-state index in [9.17, 15) is 14.0 Å². The third kappa shape index (κ3) is 3.39. The van der Waals surface area contributed by atoms with Gasteiger partial charge in [0.05, 0.1) is 5.92 Å². The van der Waals surface area contributed by atoms with E-state index in [2.05, 4.69) is 5.32 Å². The summed E-state index contributed by atoms with van der Waals surface area (Å²) in [7, 11) is 0. The van der Waals surface area contributed by atoms with Gasteiger partial charge in [-0.1, -0.05) is 0 Å². The summed E-state index contributed by atoms with van der Waals surface area (Å²) in [6.45, 7) is 3.72. The van der Waals surface area contributed by atoms with Crippen LogP contribution >= 0.6 is 12.4 Å². The molecule has 0 unspecified atom stereocenters. The molecule has 2 heterocycles. The van der Waals surface area contributed by atoms with Crippen LogP contribution in [0.2, 0.25) is 0 Å². The number of hydrogen-bond donors (Lipinski definition) is 1. The fourth-order valence-corrected chi connectivity index (χ4v) is 2.63. The molecule has 1 aromatic rings. The number of halogens is 2. The van der Waals surface area contributed by atoms with Crippen LogP contribution in [0.1, 0.15) is 10.4 Å². The van der Waals surface area contributed by atoms with Crippen LogP contribution in [-0.2, 0) is 4.79 Å². The van der Waals surface area contributed by atoms with Crippen LogP contribution in [0.4, 0.5) is 4.39 Å². The maximum Gasteiger partial charge on any atom is 0.253 e. The normalized spacial score (nSPS) is 18.4. The van der Waals surface area contributed by atoms with E-state index in [4.69, 9.17) is 0 Å². The highest BCUT2D eigenvalue weighted by Crippen LogP contribution is 2.13. The number of benzene rings is 1. The number of piperazine rings is 1. The van der Waals surface area contributed by atoms with Crippen molar-refractivity contribution in [2.45, 2.75) is 0 Å². The second-order valence-electron chi connectivity index (χ2n) is 5.48. The third-order valence-electron chi connectivity index (χ3n) is 4.10. The Hall–Kier alpha value is -1.66. The zero-order valence-corrected chi connectivity index (χ0v) is 12.9. The smallest absolute Gasteiger partial charge is 0.253 e. The summed E-state index contributed by atoms with van der Waals surface area (Å²) in [6.07, 6.45) is 0. The van der Waals surface area contributed by atoms with Crippen LogP contribution < -0.4 is 5.32 Å². The molecule has 7 heteroatoms. The molecule has 0 spiro atoms. The minimum atomic E-state index is -0.351. The highest BCUT2D eigenvalue weighted by molar-refractivity contribution is 5.94. The van der Waals surface area contributed by atoms with E-state index in [1.165, 1.54) is 24.3 Å². The van der Waals surface area contributed by atoms with Crippen molar-refractivity contribution in [2.24, 2.45) is 5.92 Å². The molecule has 1 aromatic carbocycles. The van der Waals surface area contributed by atoms with Gasteiger partial charge in [-0.25, -0.2) is 4.39 Å². The Morgan fingerprint density at radius 3 is 2.05 bits per heavy atom. The summed E-state index contributed by atoms with van der Waals surface area (Å²) in [5, 5.41) is 3.09. The molecule has 0 aromatic heterocycles. The van der Waals surface area contributed by atoms with E-state index >= 15 is 0 Å². The molecule has 5 nitrogen and oxygen atoms in total. The second-order valence-corrected chi connectivity index (χ2v) is 5.48. The molecule has 2 fully saturated rings. The van der Waals surface area contributed by atoms with Crippen molar-refractivity contribution in [1.82, 2.24) is 15.1 Å². The van der Waals surface area contributed by atoms with Crippen LogP contribution in [0.3, 0.4) is 0 Å². The highest BCUT2D eigenvalue weighted by atomic mass is 35.5. The number of carbonyl (C=O) groups is 2. The summed E-state index contributed by atoms with van der Waals surface area (Å²) in [5.41, 5.74) is 0.486. The van der Waals surface area contributed by atoms with E-state index in [0.717, 1.165) is 13.1 Å². The standard InChI is InChI=1S/C15H18FN3O2.ClH/c16-13-3-1-11(2-4-13)14(20)18-5-7-19(8-6-18)15(21)12-9-17-10-12;/h1-4,12,17H,5-10H2;1H. The summed E-state index contributed by atoms with van der Waals surface area (Å²) in [4.78, 5) is 27.9. The average Bonchev–Trinajstić information content (AvgIpc) is 2.46. The summed E-state index contributed by atoms with van der Waals surface area (Å²) in [6, 6.07) is 5.57. The molecule has 2 amide bonds. The summed E-state index contributed by atoms with van der Waals surface area (Å²) in [5.74, 6) is -0.171. The molecule has 0 bridgehead atoms. The van der Waals surface area contributed by atoms with Gasteiger partial charge in [0.2, 0.25) is 5.91 Å². The first kappa shape index (κ1) is 16.7. The predicted molar refractivity (Wildman–Crippen MR) is 82.5 cm³/mol. The van der Waals surface area contributed by atoms with Gasteiger partial charge in [0, 0.05) is 44.8 Å². The zero-order chi connectivity index (χ0) is 14.8. The lowest BCUT2D eigenvalue weighted by Crippen LogP contribution is -2.57. The molecule has 22 heavy (non-hydrogen) atoms. The number of carbonyl (C=O) groups excluding carboxylic acids is 2. The summed E-state index contributed by atoms with van der Waals surface area (Å²) >= 11 is 0. The van der Waals surface area contributed by atoms with Crippen molar-refractivity contribution >= 4 is 24.2 Å². The molecule has 2 aliphatic rings. The molecule has 0 aliphatic carbocycles. The fraction of sp³-hybridized carbons (Fsp3) is 0.467. The lowest BCUT2D eigenvalue weighted by atomic mass is 10.0. The molecule has 1 N–H and O–H groups in total. The summed E-state index contributed by atoms with van der Waals surface area (Å²) < 4.78 is 12.9. The van der Waals surface area contributed by atoms with Crippen molar-refractivity contribution in [3.63, 3.8) is 0 Å². The Balaban J connectivity index is 0.00000176. The van der Waals surface area contributed by atoms with Gasteiger partial charge < -0.3 is 15.1 Å². The predicted octanol–water partition coefficient (Wildman–Crippen LogP) is 0.751. The lowest BCUT2D eigenvalue weighted by Gasteiger charge is -2.38. The van der Waals surface area contributed by atoms with E-state index in [1.807, 2.05) is 4.90 Å². The molecule has 3 rings (SSSR count). The van der Waals surface area contributed by atoms with E-state index in [1.54, 1.807) is 4.90 Å². The Bertz CT molecular complexity index is 540. The maximum absolute atomic E-state index is 12.9. The van der Waals surface area contributed by atoms with Crippen molar-refractivity contribution in [3.05, 3.63) is 35.6 Å². The highest BCUT2D eigenvalue weighted by Gasteiger charge is 2.32. The van der Waals surface area contributed by atoms with E-state index in [0.29, 0.717) is 31.7 Å². The quantitative estimate of drug-likeness (QED) is 0.872. The largest absolute Gasteiger partial charge is 0.339 e. The number of amides is 2. The molecular formula is C15H19ClFN3O2. The van der Waals surface area contributed by atoms with Crippen molar-refractivity contribution in [1.29, 1.82) is 0 Å². The van der Waals surface area contributed by atoms with Gasteiger partial charge in [0.15, 0.2) is 0 Å². The SMILES string of the molecule is Cl.O=C(c1ccc(F)cc1)N1CCN(C(=O)C2CNC2)CC1. The first-order chi connectivity index (χ1) is 10.1. The minimum Gasteiger partial charge on any atom is -0.339 e. The van der Waals surface area contributed by atoms with Gasteiger partial charge in [-0.2, -0.15) is 0 Å². The van der Waals surface area contributed by atoms with Crippen LogP contribution in [0.5, 0.6) is 0 Å². The minimum absolute atomic E-state index is 0. The van der Waals surface area contributed by atoms with Gasteiger partial charge >= 0.3 is 0 Å². The van der Waals surface area contributed by atoms with Crippen molar-refractivity contribution < 1.29 is 14.0 Å². The van der Waals surface area contributed by atoms with E-state index < -0.39 is 0 Å².